The Hall–Kier alpha value is -1.24. The first-order valence-electron chi connectivity index (χ1n) is 6.22. The number of hydrogen-bond acceptors (Lipinski definition) is 3. The van der Waals surface area contributed by atoms with Gasteiger partial charge in [0, 0.05) is 25.2 Å². The predicted molar refractivity (Wildman–Crippen MR) is 74.9 cm³/mol. The van der Waals surface area contributed by atoms with Crippen LogP contribution in [0.2, 0.25) is 5.02 Å². The van der Waals surface area contributed by atoms with Gasteiger partial charge in [0.25, 0.3) is 0 Å². The molecule has 2 unspecified atom stereocenters. The molecule has 1 aliphatic rings. The SMILES string of the molecule is CC1CN(C)C(CC#N)CN1c1ccccc1Cl. The second kappa shape index (κ2) is 5.60. The highest BCUT2D eigenvalue weighted by molar-refractivity contribution is 6.33. The van der Waals surface area contributed by atoms with E-state index in [1.165, 1.54) is 0 Å². The summed E-state index contributed by atoms with van der Waals surface area (Å²) in [5.74, 6) is 0. The molecule has 0 amide bonds. The summed E-state index contributed by atoms with van der Waals surface area (Å²) in [6, 6.07) is 10.9. The van der Waals surface area contributed by atoms with E-state index in [1.54, 1.807) is 0 Å². The lowest BCUT2D eigenvalue weighted by Crippen LogP contribution is -2.56. The molecule has 2 atom stereocenters. The molecule has 0 N–H and O–H groups in total. The van der Waals surface area contributed by atoms with Gasteiger partial charge in [0.05, 0.1) is 23.2 Å². The molecule has 3 nitrogen and oxygen atoms in total. The van der Waals surface area contributed by atoms with E-state index in [-0.39, 0.29) is 6.04 Å². The van der Waals surface area contributed by atoms with Crippen molar-refractivity contribution in [3.63, 3.8) is 0 Å². The van der Waals surface area contributed by atoms with Crippen LogP contribution in [0.3, 0.4) is 0 Å². The fraction of sp³-hybridized carbons (Fsp3) is 0.500. The van der Waals surface area contributed by atoms with Crippen molar-refractivity contribution in [2.75, 3.05) is 25.0 Å². The van der Waals surface area contributed by atoms with Crippen molar-refractivity contribution in [1.29, 1.82) is 5.26 Å². The Morgan fingerprint density at radius 3 is 2.78 bits per heavy atom. The molecule has 0 bridgehead atoms. The minimum absolute atomic E-state index is 0.280. The Kier molecular flexibility index (Phi) is 4.11. The minimum atomic E-state index is 0.280. The van der Waals surface area contributed by atoms with E-state index in [2.05, 4.69) is 29.8 Å². The van der Waals surface area contributed by atoms with E-state index >= 15 is 0 Å². The number of para-hydroxylation sites is 1. The van der Waals surface area contributed by atoms with Gasteiger partial charge >= 0.3 is 0 Å². The van der Waals surface area contributed by atoms with Crippen LogP contribution in [0.5, 0.6) is 0 Å². The van der Waals surface area contributed by atoms with Gasteiger partial charge in [-0.05, 0) is 26.1 Å². The Labute approximate surface area is 114 Å². The van der Waals surface area contributed by atoms with Crippen LogP contribution >= 0.6 is 11.6 Å². The summed E-state index contributed by atoms with van der Waals surface area (Å²) in [7, 11) is 2.09. The van der Waals surface area contributed by atoms with E-state index < -0.39 is 0 Å². The van der Waals surface area contributed by atoms with Gasteiger partial charge in [-0.1, -0.05) is 23.7 Å². The second-order valence-corrected chi connectivity index (χ2v) is 5.32. The van der Waals surface area contributed by atoms with Crippen LogP contribution in [0.1, 0.15) is 13.3 Å². The third-order valence-corrected chi connectivity index (χ3v) is 3.92. The molecule has 0 aromatic heterocycles. The van der Waals surface area contributed by atoms with Gasteiger partial charge in [0.15, 0.2) is 0 Å². The van der Waals surface area contributed by atoms with Crippen molar-refractivity contribution >= 4 is 17.3 Å². The van der Waals surface area contributed by atoms with Crippen LogP contribution in [0, 0.1) is 11.3 Å². The van der Waals surface area contributed by atoms with Gasteiger partial charge in [0.2, 0.25) is 0 Å². The van der Waals surface area contributed by atoms with Gasteiger partial charge in [-0.3, -0.25) is 4.90 Å². The van der Waals surface area contributed by atoms with Gasteiger partial charge in [-0.25, -0.2) is 0 Å². The number of hydrogen-bond donors (Lipinski definition) is 0. The first-order chi connectivity index (χ1) is 8.63. The number of anilines is 1. The third-order valence-electron chi connectivity index (χ3n) is 3.60. The zero-order valence-corrected chi connectivity index (χ0v) is 11.6. The second-order valence-electron chi connectivity index (χ2n) is 4.91. The van der Waals surface area contributed by atoms with Crippen molar-refractivity contribution in [3.8, 4) is 6.07 Å². The fourth-order valence-corrected chi connectivity index (χ4v) is 2.80. The van der Waals surface area contributed by atoms with Gasteiger partial charge in [0.1, 0.15) is 0 Å². The average molecular weight is 264 g/mol. The number of piperazine rings is 1. The molecule has 0 spiro atoms. The lowest BCUT2D eigenvalue weighted by Gasteiger charge is -2.44. The largest absolute Gasteiger partial charge is 0.365 e. The van der Waals surface area contributed by atoms with Crippen molar-refractivity contribution in [2.24, 2.45) is 0 Å². The number of likely N-dealkylation sites (N-methyl/N-ethyl adjacent to an activating group) is 1. The van der Waals surface area contributed by atoms with Crippen LogP contribution < -0.4 is 4.90 Å². The monoisotopic (exact) mass is 263 g/mol. The molecule has 1 saturated heterocycles. The van der Waals surface area contributed by atoms with Crippen LogP contribution in [0.4, 0.5) is 5.69 Å². The highest BCUT2D eigenvalue weighted by Gasteiger charge is 2.30. The normalized spacial score (nSPS) is 24.9. The quantitative estimate of drug-likeness (QED) is 0.822. The predicted octanol–water partition coefficient (Wildman–Crippen LogP) is 2.76. The van der Waals surface area contributed by atoms with Gasteiger partial charge in [-0.15, -0.1) is 0 Å². The first kappa shape index (κ1) is 13.2. The first-order valence-corrected chi connectivity index (χ1v) is 6.59. The maximum atomic E-state index is 8.89. The summed E-state index contributed by atoms with van der Waals surface area (Å²) in [5.41, 5.74) is 1.07. The molecular formula is C14H18ClN3. The smallest absolute Gasteiger partial charge is 0.0639 e. The molecule has 0 aliphatic carbocycles. The molecule has 2 rings (SSSR count). The molecule has 96 valence electrons. The molecule has 1 aromatic carbocycles. The summed E-state index contributed by atoms with van der Waals surface area (Å²) in [6.45, 7) is 4.01. The number of rotatable bonds is 2. The highest BCUT2D eigenvalue weighted by Crippen LogP contribution is 2.29. The van der Waals surface area contributed by atoms with Crippen LogP contribution in [0.15, 0.2) is 24.3 Å². The van der Waals surface area contributed by atoms with E-state index in [1.807, 2.05) is 24.3 Å². The Morgan fingerprint density at radius 2 is 2.11 bits per heavy atom. The summed E-state index contributed by atoms with van der Waals surface area (Å²) in [5, 5.41) is 9.67. The average Bonchev–Trinajstić information content (AvgIpc) is 2.34. The summed E-state index contributed by atoms with van der Waals surface area (Å²) >= 11 is 6.26. The van der Waals surface area contributed by atoms with Crippen LogP contribution in [-0.2, 0) is 0 Å². The summed E-state index contributed by atoms with van der Waals surface area (Å²) in [4.78, 5) is 4.57. The van der Waals surface area contributed by atoms with Gasteiger partial charge in [-0.2, -0.15) is 5.26 Å². The van der Waals surface area contributed by atoms with Crippen molar-refractivity contribution in [1.82, 2.24) is 4.90 Å². The molecule has 18 heavy (non-hydrogen) atoms. The minimum Gasteiger partial charge on any atom is -0.365 e. The van der Waals surface area contributed by atoms with Gasteiger partial charge < -0.3 is 4.90 Å². The maximum Gasteiger partial charge on any atom is 0.0639 e. The zero-order valence-electron chi connectivity index (χ0n) is 10.8. The van der Waals surface area contributed by atoms with Crippen molar-refractivity contribution in [2.45, 2.75) is 25.4 Å². The topological polar surface area (TPSA) is 30.3 Å². The Morgan fingerprint density at radius 1 is 1.39 bits per heavy atom. The van der Waals surface area contributed by atoms with Crippen LogP contribution in [0.25, 0.3) is 0 Å². The highest BCUT2D eigenvalue weighted by atomic mass is 35.5. The standard InChI is InChI=1S/C14H18ClN3/c1-11-9-17(2)12(7-8-16)10-18(11)14-6-4-3-5-13(14)15/h3-6,11-12H,7,9-10H2,1-2H3. The van der Waals surface area contributed by atoms with E-state index in [0.717, 1.165) is 23.8 Å². The fourth-order valence-electron chi connectivity index (χ4n) is 2.56. The number of nitrogens with zero attached hydrogens (tertiary/aromatic N) is 3. The lowest BCUT2D eigenvalue weighted by atomic mass is 10.0. The maximum absolute atomic E-state index is 8.89. The van der Waals surface area contributed by atoms with Crippen molar-refractivity contribution in [3.05, 3.63) is 29.3 Å². The molecule has 1 aromatic rings. The van der Waals surface area contributed by atoms with E-state index in [4.69, 9.17) is 16.9 Å². The molecule has 1 aliphatic heterocycles. The Balaban J connectivity index is 2.22. The Bertz CT molecular complexity index is 455. The molecule has 1 heterocycles. The number of benzene rings is 1. The molecule has 1 fully saturated rings. The summed E-state index contributed by atoms with van der Waals surface area (Å²) in [6.07, 6.45) is 0.560. The van der Waals surface area contributed by atoms with Crippen LogP contribution in [-0.4, -0.2) is 37.1 Å². The molecule has 0 saturated carbocycles. The number of halogens is 1. The third kappa shape index (κ3) is 2.60. The molecule has 0 radical (unpaired) electrons. The molecular weight excluding hydrogens is 246 g/mol. The summed E-state index contributed by atoms with van der Waals surface area (Å²) < 4.78 is 0. The molecule has 4 heteroatoms. The number of nitriles is 1. The van der Waals surface area contributed by atoms with E-state index in [9.17, 15) is 0 Å². The van der Waals surface area contributed by atoms with Crippen molar-refractivity contribution < 1.29 is 0 Å². The zero-order chi connectivity index (χ0) is 13.1. The van der Waals surface area contributed by atoms with E-state index in [0.29, 0.717) is 12.5 Å². The lowest BCUT2D eigenvalue weighted by molar-refractivity contribution is 0.194.